The zero-order chi connectivity index (χ0) is 32.7. The highest BCUT2D eigenvalue weighted by Gasteiger charge is 2.56. The fraction of sp³-hybridized carbons (Fsp3) is 0.294. The fourth-order valence-electron chi connectivity index (χ4n) is 4.83. The third-order valence-electron chi connectivity index (χ3n) is 7.49. The van der Waals surface area contributed by atoms with Crippen LogP contribution in [0.15, 0.2) is 66.9 Å². The van der Waals surface area contributed by atoms with Crippen LogP contribution in [0.1, 0.15) is 45.4 Å². The number of hydrogen-bond acceptors (Lipinski definition) is 8. The largest absolute Gasteiger partial charge is 0.490 e. The summed E-state index contributed by atoms with van der Waals surface area (Å²) in [6.07, 6.45) is 4.24. The van der Waals surface area contributed by atoms with Crippen LogP contribution < -0.4 is 31.0 Å². The molecule has 11 nitrogen and oxygen atoms in total. The molecule has 0 atom stereocenters. The highest BCUT2D eigenvalue weighted by Crippen LogP contribution is 2.47. The Morgan fingerprint density at radius 2 is 1.51 bits per heavy atom. The first-order valence-electron chi connectivity index (χ1n) is 14.9. The molecular weight excluding hydrogens is 614 g/mol. The van der Waals surface area contributed by atoms with Crippen molar-refractivity contribution >= 4 is 40.1 Å². The van der Waals surface area contributed by atoms with E-state index < -0.39 is 34.8 Å². The molecule has 1 aliphatic carbocycles. The number of hydrogen-bond donors (Lipinski definition) is 4. The van der Waals surface area contributed by atoms with E-state index >= 15 is 4.39 Å². The molecule has 4 aromatic rings. The Kier molecular flexibility index (Phi) is 11.3. The highest BCUT2D eigenvalue weighted by atomic mass is 19.1. The molecule has 248 valence electrons. The number of carboxylic acid groups (broad SMARTS) is 1. The maximum atomic E-state index is 15.2. The summed E-state index contributed by atoms with van der Waals surface area (Å²) < 4.78 is 46.1. The number of carboxylic acids is 1. The zero-order valence-corrected chi connectivity index (χ0v) is 25.8. The lowest BCUT2D eigenvalue weighted by atomic mass is 10.0. The van der Waals surface area contributed by atoms with Crippen molar-refractivity contribution in [1.82, 2.24) is 11.1 Å². The van der Waals surface area contributed by atoms with Crippen LogP contribution in [0.2, 0.25) is 0 Å². The summed E-state index contributed by atoms with van der Waals surface area (Å²) in [6.45, 7) is 2.57. The molecule has 0 saturated heterocycles. The molecule has 0 radical (unpaired) electrons. The molecular formula is C34H36F2N4O7. The third-order valence-corrected chi connectivity index (χ3v) is 7.49. The number of rotatable bonds is 15. The fourth-order valence-corrected chi connectivity index (χ4v) is 4.83. The van der Waals surface area contributed by atoms with Crippen molar-refractivity contribution in [2.75, 3.05) is 23.8 Å². The first-order chi connectivity index (χ1) is 22.2. The summed E-state index contributed by atoms with van der Waals surface area (Å²) in [5, 5.41) is 14.6. The number of carbonyl (C=O) groups is 3. The van der Waals surface area contributed by atoms with Crippen LogP contribution in [0.5, 0.6) is 23.0 Å². The molecule has 1 saturated carbocycles. The summed E-state index contributed by atoms with van der Waals surface area (Å²) >= 11 is 0. The van der Waals surface area contributed by atoms with Gasteiger partial charge in [0.05, 0.1) is 18.7 Å². The molecule has 1 heterocycles. The number of halogens is 2. The molecule has 1 aliphatic rings. The second-order valence-electron chi connectivity index (χ2n) is 10.9. The van der Waals surface area contributed by atoms with E-state index in [1.807, 2.05) is 6.92 Å². The smallest absolute Gasteiger partial charge is 0.303 e. The number of unbranched alkanes of at least 4 members (excludes halogenated alkanes) is 2. The Morgan fingerprint density at radius 1 is 0.830 bits per heavy atom. The standard InChI is InChI=1S/C34H33F2N3O7.H3N/c1-2-44-29-19-24-26(20-30(29)45-17-5-3-4-6-31(40)41)37-16-13-27(24)46-28-12-11-23(18-25(28)36)39-33(43)34(14-15-34)32(42)38-22-9-7-21(35)8-10-22;/h7-13,16,18-20H,2-6,14-15,17H2,1H3,(H,38,42)(H,39,43)(H,40,41);1H3. The molecule has 5 rings (SSSR count). The predicted molar refractivity (Wildman–Crippen MR) is 171 cm³/mol. The van der Waals surface area contributed by atoms with Crippen molar-refractivity contribution in [3.63, 3.8) is 0 Å². The van der Waals surface area contributed by atoms with Gasteiger partial charge >= 0.3 is 5.97 Å². The summed E-state index contributed by atoms with van der Waals surface area (Å²) in [5.41, 5.74) is -0.251. The van der Waals surface area contributed by atoms with Crippen LogP contribution >= 0.6 is 0 Å². The van der Waals surface area contributed by atoms with Crippen molar-refractivity contribution < 1.29 is 42.5 Å². The van der Waals surface area contributed by atoms with Gasteiger partial charge in [0.1, 0.15) is 17.0 Å². The van der Waals surface area contributed by atoms with Gasteiger partial charge in [-0.3, -0.25) is 19.4 Å². The Hall–Kier alpha value is -5.30. The van der Waals surface area contributed by atoms with Crippen molar-refractivity contribution in [3.8, 4) is 23.0 Å². The van der Waals surface area contributed by atoms with Crippen LogP contribution in [-0.4, -0.2) is 41.1 Å². The molecule has 2 amide bonds. The number of aliphatic carboxylic acids is 1. The summed E-state index contributed by atoms with van der Waals surface area (Å²) in [6, 6.07) is 14.2. The number of fused-ring (bicyclic) bond motifs is 1. The van der Waals surface area contributed by atoms with Crippen LogP contribution in [0.25, 0.3) is 10.9 Å². The Balaban J connectivity index is 0.00000500. The molecule has 1 fully saturated rings. The summed E-state index contributed by atoms with van der Waals surface area (Å²) in [4.78, 5) is 41.0. The Labute approximate surface area is 269 Å². The summed E-state index contributed by atoms with van der Waals surface area (Å²) in [5.74, 6) is -1.95. The molecule has 13 heteroatoms. The SMILES string of the molecule is CCOc1cc2c(Oc3ccc(NC(=O)C4(C(=O)Nc5ccc(F)cc5)CC4)cc3F)ccnc2cc1OCCCCCC(=O)O.N. The Bertz CT molecular complexity index is 1750. The Morgan fingerprint density at radius 3 is 2.17 bits per heavy atom. The molecule has 47 heavy (non-hydrogen) atoms. The lowest BCUT2D eigenvalue weighted by Gasteiger charge is -2.16. The molecule has 0 aliphatic heterocycles. The number of nitrogens with one attached hydrogen (secondary N) is 2. The van der Waals surface area contributed by atoms with Crippen LogP contribution in [-0.2, 0) is 14.4 Å². The van der Waals surface area contributed by atoms with Gasteiger partial charge in [0.15, 0.2) is 23.1 Å². The molecule has 6 N–H and O–H groups in total. The number of nitrogens with zero attached hydrogens (tertiary/aromatic N) is 1. The van der Waals surface area contributed by atoms with Gasteiger partial charge in [-0.1, -0.05) is 0 Å². The molecule has 0 spiro atoms. The number of aromatic nitrogens is 1. The number of benzene rings is 3. The van der Waals surface area contributed by atoms with E-state index in [1.165, 1.54) is 42.6 Å². The van der Waals surface area contributed by atoms with Crippen molar-refractivity contribution in [3.05, 3.63) is 78.5 Å². The number of amides is 2. The van der Waals surface area contributed by atoms with Crippen molar-refractivity contribution in [2.45, 2.75) is 45.4 Å². The van der Waals surface area contributed by atoms with E-state index in [-0.39, 0.29) is 24.0 Å². The quantitative estimate of drug-likeness (QED) is 0.0764. The summed E-state index contributed by atoms with van der Waals surface area (Å²) in [7, 11) is 0. The lowest BCUT2D eigenvalue weighted by molar-refractivity contribution is -0.137. The third kappa shape index (κ3) is 8.50. The van der Waals surface area contributed by atoms with Crippen molar-refractivity contribution in [1.29, 1.82) is 0 Å². The second-order valence-corrected chi connectivity index (χ2v) is 10.9. The average Bonchev–Trinajstić information content (AvgIpc) is 3.84. The number of pyridine rings is 1. The number of anilines is 2. The monoisotopic (exact) mass is 650 g/mol. The molecule has 3 aromatic carbocycles. The predicted octanol–water partition coefficient (Wildman–Crippen LogP) is 7.25. The van der Waals surface area contributed by atoms with Crippen LogP contribution in [0, 0.1) is 17.0 Å². The van der Waals surface area contributed by atoms with Crippen LogP contribution in [0.3, 0.4) is 0 Å². The van der Waals surface area contributed by atoms with Gasteiger partial charge in [0.25, 0.3) is 0 Å². The second kappa shape index (κ2) is 15.3. The number of carbonyl (C=O) groups excluding carboxylic acids is 2. The van der Waals surface area contributed by atoms with Crippen molar-refractivity contribution in [2.24, 2.45) is 5.41 Å². The minimum atomic E-state index is -1.29. The minimum Gasteiger partial charge on any atom is -0.490 e. The van der Waals surface area contributed by atoms with E-state index in [1.54, 1.807) is 18.2 Å². The van der Waals surface area contributed by atoms with E-state index in [0.717, 1.165) is 6.07 Å². The molecule has 1 aromatic heterocycles. The van der Waals surface area contributed by atoms with Gasteiger partial charge in [0.2, 0.25) is 11.8 Å². The van der Waals surface area contributed by atoms with E-state index in [2.05, 4.69) is 15.6 Å². The number of ether oxygens (including phenoxy) is 3. The maximum absolute atomic E-state index is 15.2. The lowest BCUT2D eigenvalue weighted by Crippen LogP contribution is -2.35. The van der Waals surface area contributed by atoms with Gasteiger partial charge in [-0.15, -0.1) is 0 Å². The van der Waals surface area contributed by atoms with Crippen LogP contribution in [0.4, 0.5) is 20.2 Å². The first kappa shape index (κ1) is 34.6. The van der Waals surface area contributed by atoms with Gasteiger partial charge in [-0.05, 0) is 87.6 Å². The van der Waals surface area contributed by atoms with E-state index in [9.17, 15) is 18.8 Å². The van der Waals surface area contributed by atoms with E-state index in [4.69, 9.17) is 19.3 Å². The zero-order valence-electron chi connectivity index (χ0n) is 25.8. The van der Waals surface area contributed by atoms with Gasteiger partial charge in [-0.25, -0.2) is 8.78 Å². The van der Waals surface area contributed by atoms with Gasteiger partial charge < -0.3 is 36.1 Å². The molecule has 0 unspecified atom stereocenters. The van der Waals surface area contributed by atoms with Gasteiger partial charge in [0, 0.05) is 41.5 Å². The minimum absolute atomic E-state index is 0. The maximum Gasteiger partial charge on any atom is 0.303 e. The molecule has 0 bridgehead atoms. The first-order valence-corrected chi connectivity index (χ1v) is 14.9. The average molecular weight is 651 g/mol. The highest BCUT2D eigenvalue weighted by molar-refractivity contribution is 6.16. The van der Waals surface area contributed by atoms with Gasteiger partial charge in [-0.2, -0.15) is 0 Å². The topological polar surface area (TPSA) is 171 Å². The van der Waals surface area contributed by atoms with E-state index in [0.29, 0.717) is 79.2 Å². The normalized spacial score (nSPS) is 12.8.